The topological polar surface area (TPSA) is 53.9 Å². The van der Waals surface area contributed by atoms with Crippen LogP contribution in [0.1, 0.15) is 19.8 Å². The van der Waals surface area contributed by atoms with E-state index in [1.165, 1.54) is 0 Å². The molecule has 0 spiro atoms. The number of hydrogen-bond acceptors (Lipinski definition) is 2. The Hall–Kier alpha value is -2.09. The normalized spacial score (nSPS) is 16.8. The summed E-state index contributed by atoms with van der Waals surface area (Å²) in [4.78, 5) is 26.7. The van der Waals surface area contributed by atoms with E-state index in [0.29, 0.717) is 4.90 Å². The van der Waals surface area contributed by atoms with Crippen LogP contribution in [-0.4, -0.2) is 49.4 Å². The van der Waals surface area contributed by atoms with E-state index in [2.05, 4.69) is 5.32 Å². The number of rotatable bonds is 5. The second kappa shape index (κ2) is 7.65. The lowest BCUT2D eigenvalue weighted by Crippen LogP contribution is -3.15. The molecule has 24 heavy (non-hydrogen) atoms. The van der Waals surface area contributed by atoms with Crippen LogP contribution in [0.4, 0.5) is 18.9 Å². The molecule has 1 aliphatic rings. The SMILES string of the molecule is C[C@@H](C(=O)N1CCCC1)[NH+](C)CC(=O)Nc1ccc(F)c(F)c1F. The Bertz CT molecular complexity index is 633. The number of likely N-dealkylation sites (tertiary alicyclic amines) is 1. The molecule has 2 atom stereocenters. The second-order valence-corrected chi connectivity index (χ2v) is 6.05. The van der Waals surface area contributed by atoms with E-state index in [4.69, 9.17) is 0 Å². The number of nitrogens with zero attached hydrogens (tertiary/aromatic N) is 1. The molecule has 132 valence electrons. The summed E-state index contributed by atoms with van der Waals surface area (Å²) in [6, 6.07) is 1.27. The van der Waals surface area contributed by atoms with Crippen molar-refractivity contribution in [3.8, 4) is 0 Å². The summed E-state index contributed by atoms with van der Waals surface area (Å²) < 4.78 is 39.6. The van der Waals surface area contributed by atoms with Gasteiger partial charge in [-0.2, -0.15) is 0 Å². The van der Waals surface area contributed by atoms with Gasteiger partial charge in [0.15, 0.2) is 30.0 Å². The molecule has 8 heteroatoms. The van der Waals surface area contributed by atoms with E-state index < -0.39 is 35.1 Å². The molecule has 1 fully saturated rings. The molecule has 1 aromatic rings. The molecule has 1 heterocycles. The minimum Gasteiger partial charge on any atom is -0.338 e. The average molecular weight is 344 g/mol. The third-order valence-corrected chi connectivity index (χ3v) is 4.28. The second-order valence-electron chi connectivity index (χ2n) is 6.05. The Morgan fingerprint density at radius 1 is 1.21 bits per heavy atom. The van der Waals surface area contributed by atoms with Gasteiger partial charge in [-0.25, -0.2) is 13.2 Å². The fourth-order valence-corrected chi connectivity index (χ4v) is 2.65. The van der Waals surface area contributed by atoms with Crippen molar-refractivity contribution in [3.63, 3.8) is 0 Å². The first kappa shape index (κ1) is 18.3. The average Bonchev–Trinajstić information content (AvgIpc) is 3.08. The van der Waals surface area contributed by atoms with Crippen LogP contribution in [0.25, 0.3) is 0 Å². The molecular formula is C16H21F3N3O2+. The number of carbonyl (C=O) groups is 2. The van der Waals surface area contributed by atoms with E-state index in [9.17, 15) is 22.8 Å². The quantitative estimate of drug-likeness (QED) is 0.768. The van der Waals surface area contributed by atoms with E-state index in [0.717, 1.165) is 38.1 Å². The largest absolute Gasteiger partial charge is 0.338 e. The molecule has 2 rings (SSSR count). The summed E-state index contributed by atoms with van der Waals surface area (Å²) in [5.74, 6) is -5.01. The number of quaternary nitrogens is 1. The highest BCUT2D eigenvalue weighted by molar-refractivity contribution is 5.91. The first-order chi connectivity index (χ1) is 11.3. The van der Waals surface area contributed by atoms with Gasteiger partial charge in [0, 0.05) is 13.1 Å². The zero-order valence-electron chi connectivity index (χ0n) is 13.7. The van der Waals surface area contributed by atoms with Crippen LogP contribution in [0.15, 0.2) is 12.1 Å². The number of halogens is 3. The molecule has 0 aromatic heterocycles. The van der Waals surface area contributed by atoms with Gasteiger partial charge in [-0.1, -0.05) is 0 Å². The number of anilines is 1. The maximum absolute atomic E-state index is 13.6. The first-order valence-corrected chi connectivity index (χ1v) is 7.85. The molecule has 2 N–H and O–H groups in total. The maximum atomic E-state index is 13.6. The number of amides is 2. The third kappa shape index (κ3) is 4.05. The predicted octanol–water partition coefficient (Wildman–Crippen LogP) is 0.568. The molecule has 0 saturated carbocycles. The van der Waals surface area contributed by atoms with Gasteiger partial charge >= 0.3 is 0 Å². The molecule has 1 unspecified atom stereocenters. The van der Waals surface area contributed by atoms with Gasteiger partial charge < -0.3 is 15.1 Å². The number of hydrogen-bond donors (Lipinski definition) is 2. The van der Waals surface area contributed by atoms with Crippen molar-refractivity contribution in [2.24, 2.45) is 0 Å². The van der Waals surface area contributed by atoms with Gasteiger partial charge in [-0.3, -0.25) is 9.59 Å². The van der Waals surface area contributed by atoms with E-state index in [1.54, 1.807) is 18.9 Å². The highest BCUT2D eigenvalue weighted by Gasteiger charge is 2.30. The lowest BCUT2D eigenvalue weighted by Gasteiger charge is -2.25. The fourth-order valence-electron chi connectivity index (χ4n) is 2.65. The van der Waals surface area contributed by atoms with Crippen molar-refractivity contribution >= 4 is 17.5 Å². The van der Waals surface area contributed by atoms with Crippen molar-refractivity contribution in [1.29, 1.82) is 0 Å². The predicted molar refractivity (Wildman–Crippen MR) is 82.0 cm³/mol. The Morgan fingerprint density at radius 2 is 1.83 bits per heavy atom. The molecular weight excluding hydrogens is 323 g/mol. The molecule has 0 bridgehead atoms. The summed E-state index contributed by atoms with van der Waals surface area (Å²) >= 11 is 0. The van der Waals surface area contributed by atoms with Crippen molar-refractivity contribution in [2.45, 2.75) is 25.8 Å². The lowest BCUT2D eigenvalue weighted by molar-refractivity contribution is -0.886. The van der Waals surface area contributed by atoms with Crippen molar-refractivity contribution < 1.29 is 27.7 Å². The van der Waals surface area contributed by atoms with E-state index >= 15 is 0 Å². The van der Waals surface area contributed by atoms with Crippen LogP contribution >= 0.6 is 0 Å². The Balaban J connectivity index is 1.94. The van der Waals surface area contributed by atoms with Crippen molar-refractivity contribution in [1.82, 2.24) is 4.90 Å². The maximum Gasteiger partial charge on any atom is 0.280 e. The zero-order chi connectivity index (χ0) is 17.9. The standard InChI is InChI=1S/C16H20F3N3O2/c1-10(16(24)22-7-3-4-8-22)21(2)9-13(23)20-12-6-5-11(17)14(18)15(12)19/h5-6,10H,3-4,7-9H2,1-2H3,(H,20,23)/p+1/t10-/m0/s1. The van der Waals surface area contributed by atoms with Crippen LogP contribution in [0.2, 0.25) is 0 Å². The summed E-state index contributed by atoms with van der Waals surface area (Å²) in [5.41, 5.74) is -0.426. The van der Waals surface area contributed by atoms with Crippen LogP contribution in [0.3, 0.4) is 0 Å². The zero-order valence-corrected chi connectivity index (χ0v) is 13.7. The van der Waals surface area contributed by atoms with Gasteiger partial charge in [0.2, 0.25) is 0 Å². The molecule has 0 radical (unpaired) electrons. The Kier molecular flexibility index (Phi) is 5.82. The van der Waals surface area contributed by atoms with Crippen LogP contribution < -0.4 is 10.2 Å². The molecule has 2 amide bonds. The first-order valence-electron chi connectivity index (χ1n) is 7.85. The molecule has 1 aromatic carbocycles. The van der Waals surface area contributed by atoms with Crippen LogP contribution in [-0.2, 0) is 9.59 Å². The number of nitrogens with one attached hydrogen (secondary N) is 2. The molecule has 0 aliphatic carbocycles. The summed E-state index contributed by atoms with van der Waals surface area (Å²) in [6.07, 6.45) is 1.96. The van der Waals surface area contributed by atoms with Crippen molar-refractivity contribution in [3.05, 3.63) is 29.6 Å². The van der Waals surface area contributed by atoms with Gasteiger partial charge in [0.1, 0.15) is 0 Å². The van der Waals surface area contributed by atoms with Gasteiger partial charge in [0.05, 0.1) is 12.7 Å². The fraction of sp³-hybridized carbons (Fsp3) is 0.500. The Morgan fingerprint density at radius 3 is 2.46 bits per heavy atom. The smallest absolute Gasteiger partial charge is 0.280 e. The number of benzene rings is 1. The van der Waals surface area contributed by atoms with E-state index in [-0.39, 0.29) is 12.5 Å². The summed E-state index contributed by atoms with van der Waals surface area (Å²) in [7, 11) is 1.68. The van der Waals surface area contributed by atoms with Crippen LogP contribution in [0.5, 0.6) is 0 Å². The highest BCUT2D eigenvalue weighted by atomic mass is 19.2. The molecule has 1 saturated heterocycles. The minimum absolute atomic E-state index is 0.0307. The minimum atomic E-state index is -1.63. The van der Waals surface area contributed by atoms with Gasteiger partial charge in [-0.15, -0.1) is 0 Å². The Labute approximate surface area is 138 Å². The third-order valence-electron chi connectivity index (χ3n) is 4.28. The monoisotopic (exact) mass is 344 g/mol. The van der Waals surface area contributed by atoms with Gasteiger partial charge in [0.25, 0.3) is 11.8 Å². The van der Waals surface area contributed by atoms with Crippen LogP contribution in [0, 0.1) is 17.5 Å². The number of likely N-dealkylation sites (N-methyl/N-ethyl adjacent to an activating group) is 1. The summed E-state index contributed by atoms with van der Waals surface area (Å²) in [6.45, 7) is 3.08. The highest BCUT2D eigenvalue weighted by Crippen LogP contribution is 2.19. The molecule has 5 nitrogen and oxygen atoms in total. The lowest BCUT2D eigenvalue weighted by atomic mass is 10.2. The molecule has 1 aliphatic heterocycles. The number of carbonyl (C=O) groups excluding carboxylic acids is 2. The van der Waals surface area contributed by atoms with Gasteiger partial charge in [-0.05, 0) is 31.9 Å². The van der Waals surface area contributed by atoms with E-state index in [1.807, 2.05) is 0 Å². The summed E-state index contributed by atoms with van der Waals surface area (Å²) in [5, 5.41) is 2.21. The van der Waals surface area contributed by atoms with Crippen molar-refractivity contribution in [2.75, 3.05) is 32.0 Å².